The molecule has 0 heterocycles. The molecule has 0 bridgehead atoms. The van der Waals surface area contributed by atoms with Gasteiger partial charge in [0.05, 0.1) is 12.7 Å². The highest BCUT2D eigenvalue weighted by Gasteiger charge is 2.12. The van der Waals surface area contributed by atoms with Gasteiger partial charge in [0, 0.05) is 20.3 Å². The van der Waals surface area contributed by atoms with E-state index in [0.717, 1.165) is 3.57 Å². The molecule has 0 atom stereocenters. The molecule has 20 heavy (non-hydrogen) atoms. The average molecular weight is 406 g/mol. The maximum Gasteiger partial charge on any atom is 0.256 e. The Balaban J connectivity index is 2.23. The van der Waals surface area contributed by atoms with E-state index in [1.165, 1.54) is 19.2 Å². The van der Waals surface area contributed by atoms with Crippen molar-refractivity contribution in [1.29, 1.82) is 0 Å². The van der Waals surface area contributed by atoms with Crippen LogP contribution in [0.15, 0.2) is 36.4 Å². The predicted molar refractivity (Wildman–Crippen MR) is 85.1 cm³/mol. The summed E-state index contributed by atoms with van der Waals surface area (Å²) in [5, 5.41) is 3.09. The molecule has 0 radical (unpaired) electrons. The van der Waals surface area contributed by atoms with Crippen LogP contribution in [0, 0.1) is 9.39 Å². The second-order valence-corrected chi connectivity index (χ2v) is 5.53. The molecule has 0 aliphatic heterocycles. The summed E-state index contributed by atoms with van der Waals surface area (Å²) >= 11 is 7.91. The van der Waals surface area contributed by atoms with Crippen LogP contribution in [-0.4, -0.2) is 13.0 Å². The van der Waals surface area contributed by atoms with Gasteiger partial charge in [0.15, 0.2) is 11.6 Å². The van der Waals surface area contributed by atoms with Crippen molar-refractivity contribution < 1.29 is 13.9 Å². The molecule has 0 fully saturated rings. The first-order valence-corrected chi connectivity index (χ1v) is 7.07. The Labute approximate surface area is 134 Å². The minimum atomic E-state index is -0.536. The molecule has 2 aromatic carbocycles. The van der Waals surface area contributed by atoms with Crippen molar-refractivity contribution in [2.75, 3.05) is 12.4 Å². The largest absolute Gasteiger partial charge is 0.494 e. The Morgan fingerprint density at radius 3 is 2.70 bits per heavy atom. The minimum absolute atomic E-state index is 0.125. The number of rotatable bonds is 3. The lowest BCUT2D eigenvalue weighted by molar-refractivity contribution is 0.102. The Bertz CT molecular complexity index is 664. The molecule has 1 N–H and O–H groups in total. The van der Waals surface area contributed by atoms with Gasteiger partial charge < -0.3 is 10.1 Å². The highest BCUT2D eigenvalue weighted by molar-refractivity contribution is 14.1. The molecule has 3 nitrogen and oxygen atoms in total. The van der Waals surface area contributed by atoms with Gasteiger partial charge in [-0.1, -0.05) is 11.6 Å². The van der Waals surface area contributed by atoms with Gasteiger partial charge in [0.1, 0.15) is 0 Å². The van der Waals surface area contributed by atoms with E-state index in [1.807, 2.05) is 22.6 Å². The summed E-state index contributed by atoms with van der Waals surface area (Å²) in [6.45, 7) is 0. The summed E-state index contributed by atoms with van der Waals surface area (Å²) < 4.78 is 19.1. The van der Waals surface area contributed by atoms with Crippen LogP contribution in [0.5, 0.6) is 5.75 Å². The van der Waals surface area contributed by atoms with E-state index in [2.05, 4.69) is 5.32 Å². The molecule has 2 aromatic rings. The number of amides is 1. The molecule has 0 saturated heterocycles. The topological polar surface area (TPSA) is 38.3 Å². The van der Waals surface area contributed by atoms with Crippen molar-refractivity contribution in [2.45, 2.75) is 0 Å². The smallest absolute Gasteiger partial charge is 0.256 e. The Hall–Kier alpha value is -1.34. The lowest BCUT2D eigenvalue weighted by Gasteiger charge is -2.09. The molecule has 1 amide bonds. The number of anilines is 1. The van der Waals surface area contributed by atoms with Gasteiger partial charge in [0.25, 0.3) is 5.91 Å². The molecular formula is C14H10ClFINO2. The third-order valence-corrected chi connectivity index (χ3v) is 3.76. The third-order valence-electron chi connectivity index (χ3n) is 2.58. The fraction of sp³-hybridized carbons (Fsp3) is 0.0714. The molecular weight excluding hydrogens is 396 g/mol. The van der Waals surface area contributed by atoms with Crippen molar-refractivity contribution in [3.05, 3.63) is 56.4 Å². The number of carbonyl (C=O) groups is 1. The number of methoxy groups -OCH3 is 1. The molecule has 0 aliphatic rings. The second-order valence-electron chi connectivity index (χ2n) is 3.93. The van der Waals surface area contributed by atoms with Crippen molar-refractivity contribution >= 4 is 45.8 Å². The molecule has 0 saturated carbocycles. The fourth-order valence-electron chi connectivity index (χ4n) is 1.61. The van der Waals surface area contributed by atoms with Crippen LogP contribution >= 0.6 is 34.2 Å². The number of carbonyl (C=O) groups excluding carboxylic acids is 1. The van der Waals surface area contributed by atoms with Crippen LogP contribution in [0.25, 0.3) is 0 Å². The molecule has 6 heteroatoms. The van der Waals surface area contributed by atoms with Crippen LogP contribution in [0.4, 0.5) is 10.1 Å². The van der Waals surface area contributed by atoms with Crippen molar-refractivity contribution in [1.82, 2.24) is 0 Å². The summed E-state index contributed by atoms with van der Waals surface area (Å²) in [6.07, 6.45) is 0. The van der Waals surface area contributed by atoms with E-state index in [9.17, 15) is 9.18 Å². The van der Waals surface area contributed by atoms with Gasteiger partial charge in [-0.05, 0) is 52.9 Å². The molecule has 104 valence electrons. The Morgan fingerprint density at radius 2 is 2.05 bits per heavy atom. The van der Waals surface area contributed by atoms with E-state index in [4.69, 9.17) is 16.3 Å². The summed E-state index contributed by atoms with van der Waals surface area (Å²) in [6, 6.07) is 9.23. The number of benzene rings is 2. The minimum Gasteiger partial charge on any atom is -0.494 e. The molecule has 0 aliphatic carbocycles. The van der Waals surface area contributed by atoms with Gasteiger partial charge in [-0.2, -0.15) is 0 Å². The standard InChI is InChI=1S/C14H10ClFINO2/c1-20-13-5-3-9(7-11(13)16)18-14(19)10-6-8(15)2-4-12(10)17/h2-7H,1H3,(H,18,19). The highest BCUT2D eigenvalue weighted by Crippen LogP contribution is 2.23. The molecule has 0 aromatic heterocycles. The van der Waals surface area contributed by atoms with Crippen LogP contribution in [0.3, 0.4) is 0 Å². The van der Waals surface area contributed by atoms with Gasteiger partial charge in [0.2, 0.25) is 0 Å². The number of nitrogens with one attached hydrogen (secondary N) is 1. The summed E-state index contributed by atoms with van der Waals surface area (Å²) in [5.74, 6) is -0.757. The SMILES string of the molecule is COc1ccc(NC(=O)c2cc(Cl)ccc2I)cc1F. The predicted octanol–water partition coefficient (Wildman–Crippen LogP) is 4.34. The van der Waals surface area contributed by atoms with Crippen LogP contribution in [-0.2, 0) is 0 Å². The van der Waals surface area contributed by atoms with E-state index >= 15 is 0 Å². The molecule has 0 unspecified atom stereocenters. The van der Waals surface area contributed by atoms with E-state index < -0.39 is 5.82 Å². The van der Waals surface area contributed by atoms with Crippen LogP contribution in [0.1, 0.15) is 10.4 Å². The van der Waals surface area contributed by atoms with Crippen molar-refractivity contribution in [2.24, 2.45) is 0 Å². The van der Waals surface area contributed by atoms with Crippen molar-refractivity contribution in [3.8, 4) is 5.75 Å². The van der Waals surface area contributed by atoms with Crippen LogP contribution < -0.4 is 10.1 Å². The first-order chi connectivity index (χ1) is 9.51. The first kappa shape index (κ1) is 15.1. The Kier molecular flexibility index (Phi) is 4.82. The lowest BCUT2D eigenvalue weighted by atomic mass is 10.2. The first-order valence-electron chi connectivity index (χ1n) is 5.61. The maximum absolute atomic E-state index is 13.5. The zero-order chi connectivity index (χ0) is 14.7. The lowest BCUT2D eigenvalue weighted by Crippen LogP contribution is -2.13. The number of hydrogen-bond acceptors (Lipinski definition) is 2. The number of ether oxygens (including phenoxy) is 1. The summed E-state index contributed by atoms with van der Waals surface area (Å²) in [5.41, 5.74) is 0.790. The average Bonchev–Trinajstić information content (AvgIpc) is 2.41. The Morgan fingerprint density at radius 1 is 1.30 bits per heavy atom. The molecule has 0 spiro atoms. The quantitative estimate of drug-likeness (QED) is 0.771. The number of halogens is 3. The van der Waals surface area contributed by atoms with E-state index in [0.29, 0.717) is 16.3 Å². The van der Waals surface area contributed by atoms with E-state index in [1.54, 1.807) is 24.3 Å². The summed E-state index contributed by atoms with van der Waals surface area (Å²) in [7, 11) is 1.38. The monoisotopic (exact) mass is 405 g/mol. The van der Waals surface area contributed by atoms with Gasteiger partial charge in [-0.15, -0.1) is 0 Å². The zero-order valence-corrected chi connectivity index (χ0v) is 13.3. The number of hydrogen-bond donors (Lipinski definition) is 1. The second kappa shape index (κ2) is 6.41. The summed E-state index contributed by atoms with van der Waals surface area (Å²) in [4.78, 5) is 12.1. The van der Waals surface area contributed by atoms with Gasteiger partial charge >= 0.3 is 0 Å². The van der Waals surface area contributed by atoms with Crippen LogP contribution in [0.2, 0.25) is 5.02 Å². The molecule has 2 rings (SSSR count). The maximum atomic E-state index is 13.5. The van der Waals surface area contributed by atoms with E-state index in [-0.39, 0.29) is 11.7 Å². The van der Waals surface area contributed by atoms with Gasteiger partial charge in [-0.3, -0.25) is 4.79 Å². The fourth-order valence-corrected chi connectivity index (χ4v) is 2.37. The van der Waals surface area contributed by atoms with Crippen molar-refractivity contribution in [3.63, 3.8) is 0 Å². The third kappa shape index (κ3) is 3.40. The highest BCUT2D eigenvalue weighted by atomic mass is 127. The zero-order valence-electron chi connectivity index (χ0n) is 10.4. The van der Waals surface area contributed by atoms with Gasteiger partial charge in [-0.25, -0.2) is 4.39 Å². The normalized spacial score (nSPS) is 10.2.